The van der Waals surface area contributed by atoms with Gasteiger partial charge in [0.25, 0.3) is 11.8 Å². The molecule has 3 N–H and O–H groups in total. The zero-order valence-electron chi connectivity index (χ0n) is 18.5. The summed E-state index contributed by atoms with van der Waals surface area (Å²) in [7, 11) is 3.28. The number of carbonyl (C=O) groups excluding carboxylic acids is 3. The highest BCUT2D eigenvalue weighted by Gasteiger charge is 2.35. The molecule has 3 amide bonds. The van der Waals surface area contributed by atoms with Gasteiger partial charge in [-0.3, -0.25) is 19.1 Å². The van der Waals surface area contributed by atoms with E-state index < -0.39 is 23.7 Å². The van der Waals surface area contributed by atoms with Crippen LogP contribution in [0.3, 0.4) is 0 Å². The van der Waals surface area contributed by atoms with Gasteiger partial charge in [-0.2, -0.15) is 5.10 Å². The van der Waals surface area contributed by atoms with Crippen LogP contribution in [0, 0.1) is 5.82 Å². The monoisotopic (exact) mass is 484 g/mol. The number of carbonyl (C=O) groups is 3. The Morgan fingerprint density at radius 3 is 2.79 bits per heavy atom. The molecule has 0 saturated heterocycles. The van der Waals surface area contributed by atoms with Gasteiger partial charge in [0.15, 0.2) is 5.69 Å². The number of nitrogens with one attached hydrogen (secondary N) is 3. The maximum Gasteiger partial charge on any atom is 0.276 e. The van der Waals surface area contributed by atoms with Crippen molar-refractivity contribution in [2.45, 2.75) is 31.8 Å². The van der Waals surface area contributed by atoms with Gasteiger partial charge in [-0.15, -0.1) is 0 Å². The summed E-state index contributed by atoms with van der Waals surface area (Å²) in [6.07, 6.45) is 2.58. The summed E-state index contributed by atoms with van der Waals surface area (Å²) in [4.78, 5) is 38.4. The first-order valence-corrected chi connectivity index (χ1v) is 11.2. The van der Waals surface area contributed by atoms with Gasteiger partial charge in [-0.05, 0) is 43.5 Å². The Bertz CT molecular complexity index is 1360. The van der Waals surface area contributed by atoms with E-state index in [-0.39, 0.29) is 23.2 Å². The summed E-state index contributed by atoms with van der Waals surface area (Å²) < 4.78 is 17.3. The van der Waals surface area contributed by atoms with E-state index in [0.717, 1.165) is 30.5 Å². The van der Waals surface area contributed by atoms with Gasteiger partial charge in [0.1, 0.15) is 18.1 Å². The number of benzene rings is 1. The molecule has 0 bridgehead atoms. The van der Waals surface area contributed by atoms with E-state index >= 15 is 0 Å². The predicted molar refractivity (Wildman–Crippen MR) is 122 cm³/mol. The van der Waals surface area contributed by atoms with Crippen molar-refractivity contribution >= 4 is 35.0 Å². The summed E-state index contributed by atoms with van der Waals surface area (Å²) in [6, 6.07) is 4.47. The largest absolute Gasteiger partial charge is 0.354 e. The van der Waals surface area contributed by atoms with Crippen LogP contribution in [0.15, 0.2) is 24.3 Å². The second-order valence-electron chi connectivity index (χ2n) is 8.37. The van der Waals surface area contributed by atoms with Gasteiger partial charge in [0.05, 0.1) is 17.4 Å². The van der Waals surface area contributed by atoms with Gasteiger partial charge in [-0.1, -0.05) is 11.6 Å². The SMILES string of the molecule is CNC(=O)c1cc(NC(=O)c2nn(C)c3c2CCC3)c2n1CC(=O)NC2c1cc(F)ccc1Cl. The summed E-state index contributed by atoms with van der Waals surface area (Å²) in [5, 5.41) is 12.9. The van der Waals surface area contributed by atoms with Crippen molar-refractivity contribution < 1.29 is 18.8 Å². The van der Waals surface area contributed by atoms with Crippen molar-refractivity contribution in [3.05, 3.63) is 69.0 Å². The van der Waals surface area contributed by atoms with Crippen LogP contribution in [-0.4, -0.2) is 39.1 Å². The summed E-state index contributed by atoms with van der Waals surface area (Å²) in [6.45, 7) is -0.142. The highest BCUT2D eigenvalue weighted by atomic mass is 35.5. The molecule has 3 heterocycles. The van der Waals surface area contributed by atoms with Crippen molar-refractivity contribution in [3.8, 4) is 0 Å². The van der Waals surface area contributed by atoms with Crippen LogP contribution in [0.5, 0.6) is 0 Å². The lowest BCUT2D eigenvalue weighted by Gasteiger charge is -2.29. The standard InChI is InChI=1S/C23H22ClFN6O3/c1-26-22(33)17-9-15(27-23(34)20-12-4-3-5-16(12)30(2)29-20)21-19(28-18(32)10-31(17)21)13-8-11(25)6-7-14(13)24/h6-9,19H,3-5,10H2,1-2H3,(H,26,33)(H,27,34)(H,28,32). The number of hydrogen-bond acceptors (Lipinski definition) is 4. The van der Waals surface area contributed by atoms with Gasteiger partial charge in [0, 0.05) is 35.9 Å². The zero-order valence-corrected chi connectivity index (χ0v) is 19.3. The molecule has 2 aliphatic rings. The topological polar surface area (TPSA) is 110 Å². The highest BCUT2D eigenvalue weighted by molar-refractivity contribution is 6.31. The van der Waals surface area contributed by atoms with E-state index in [9.17, 15) is 18.8 Å². The minimum absolute atomic E-state index is 0.142. The Labute approximate surface area is 199 Å². The second-order valence-corrected chi connectivity index (χ2v) is 8.77. The normalized spacial score (nSPS) is 16.6. The van der Waals surface area contributed by atoms with Gasteiger partial charge < -0.3 is 20.5 Å². The molecule has 1 aliphatic carbocycles. The van der Waals surface area contributed by atoms with Crippen molar-refractivity contribution in [2.24, 2.45) is 7.05 Å². The molecule has 176 valence electrons. The number of halogens is 2. The van der Waals surface area contributed by atoms with E-state index in [1.54, 1.807) is 4.68 Å². The van der Waals surface area contributed by atoms with Crippen LogP contribution < -0.4 is 16.0 Å². The Balaban J connectivity index is 1.63. The average Bonchev–Trinajstić information content (AvgIpc) is 3.50. The lowest BCUT2D eigenvalue weighted by atomic mass is 10.0. The molecule has 0 spiro atoms. The van der Waals surface area contributed by atoms with E-state index in [2.05, 4.69) is 21.0 Å². The Morgan fingerprint density at radius 1 is 1.24 bits per heavy atom. The Kier molecular flexibility index (Phi) is 5.40. The number of rotatable bonds is 4. The van der Waals surface area contributed by atoms with Crippen molar-refractivity contribution in [1.82, 2.24) is 25.0 Å². The number of anilines is 1. The Morgan fingerprint density at radius 2 is 2.03 bits per heavy atom. The Hall–Kier alpha value is -3.66. The third kappa shape index (κ3) is 3.54. The molecule has 34 heavy (non-hydrogen) atoms. The minimum Gasteiger partial charge on any atom is -0.354 e. The summed E-state index contributed by atoms with van der Waals surface area (Å²) >= 11 is 6.35. The van der Waals surface area contributed by atoms with Crippen LogP contribution in [0.2, 0.25) is 5.02 Å². The van der Waals surface area contributed by atoms with E-state index in [1.807, 2.05) is 7.05 Å². The molecule has 0 saturated carbocycles. The number of hydrogen-bond donors (Lipinski definition) is 3. The molecule has 3 aromatic rings. The maximum atomic E-state index is 14.1. The van der Waals surface area contributed by atoms with Crippen LogP contribution in [0.25, 0.3) is 0 Å². The smallest absolute Gasteiger partial charge is 0.276 e. The number of aryl methyl sites for hydroxylation is 1. The maximum absolute atomic E-state index is 14.1. The summed E-state index contributed by atoms with van der Waals surface area (Å²) in [5.41, 5.74) is 3.51. The van der Waals surface area contributed by atoms with Crippen LogP contribution in [0.1, 0.15) is 56.0 Å². The van der Waals surface area contributed by atoms with Gasteiger partial charge in [0.2, 0.25) is 5.91 Å². The minimum atomic E-state index is -0.882. The van der Waals surface area contributed by atoms with E-state index in [1.165, 1.54) is 35.9 Å². The third-order valence-electron chi connectivity index (χ3n) is 6.33. The first-order valence-electron chi connectivity index (χ1n) is 10.8. The predicted octanol–water partition coefficient (Wildman–Crippen LogP) is 2.33. The first kappa shape index (κ1) is 22.1. The molecule has 2 aromatic heterocycles. The van der Waals surface area contributed by atoms with Crippen molar-refractivity contribution in [1.29, 1.82) is 0 Å². The van der Waals surface area contributed by atoms with Crippen LogP contribution >= 0.6 is 11.6 Å². The average molecular weight is 485 g/mol. The number of aromatic nitrogens is 3. The quantitative estimate of drug-likeness (QED) is 0.528. The molecule has 0 fully saturated rings. The molecule has 1 atom stereocenters. The van der Waals surface area contributed by atoms with Crippen LogP contribution in [-0.2, 0) is 31.2 Å². The third-order valence-corrected chi connectivity index (χ3v) is 6.67. The molecule has 9 nitrogen and oxygen atoms in total. The lowest BCUT2D eigenvalue weighted by Crippen LogP contribution is -2.41. The van der Waals surface area contributed by atoms with Crippen molar-refractivity contribution in [3.63, 3.8) is 0 Å². The van der Waals surface area contributed by atoms with Crippen LogP contribution in [0.4, 0.5) is 10.1 Å². The second kappa shape index (κ2) is 8.28. The lowest BCUT2D eigenvalue weighted by molar-refractivity contribution is -0.123. The van der Waals surface area contributed by atoms with Gasteiger partial charge in [-0.25, -0.2) is 4.39 Å². The number of nitrogens with zero attached hydrogens (tertiary/aromatic N) is 3. The highest BCUT2D eigenvalue weighted by Crippen LogP contribution is 2.38. The molecular weight excluding hydrogens is 463 g/mol. The molecule has 1 unspecified atom stereocenters. The fraction of sp³-hybridized carbons (Fsp3) is 0.304. The fourth-order valence-electron chi connectivity index (χ4n) is 4.82. The first-order chi connectivity index (χ1) is 16.3. The van der Waals surface area contributed by atoms with Gasteiger partial charge >= 0.3 is 0 Å². The molecule has 5 rings (SSSR count). The zero-order chi connectivity index (χ0) is 24.1. The molecule has 1 aliphatic heterocycles. The van der Waals surface area contributed by atoms with E-state index in [4.69, 9.17) is 11.6 Å². The number of fused-ring (bicyclic) bond motifs is 2. The van der Waals surface area contributed by atoms with E-state index in [0.29, 0.717) is 22.6 Å². The fourth-order valence-corrected chi connectivity index (χ4v) is 5.04. The molecule has 1 aromatic carbocycles. The number of amides is 3. The molecular formula is C23H22ClFN6O3. The molecule has 0 radical (unpaired) electrons. The van der Waals surface area contributed by atoms with Crippen molar-refractivity contribution in [2.75, 3.05) is 12.4 Å². The summed E-state index contributed by atoms with van der Waals surface area (Å²) in [5.74, 6) is -1.76. The molecule has 11 heteroatoms.